The molecule has 94 valence electrons. The maximum Gasteiger partial charge on any atom is 0.193 e. The molecule has 1 fully saturated rings. The van der Waals surface area contributed by atoms with Gasteiger partial charge in [-0.05, 0) is 38.5 Å². The average molecular weight is 225 g/mol. The van der Waals surface area contributed by atoms with Crippen LogP contribution in [-0.4, -0.2) is 37.0 Å². The molecule has 0 saturated carbocycles. The fraction of sp³-hybridized carbons (Fsp3) is 0.923. The van der Waals surface area contributed by atoms with E-state index in [9.17, 15) is 0 Å². The van der Waals surface area contributed by atoms with E-state index >= 15 is 0 Å². The molecule has 0 amide bonds. The summed E-state index contributed by atoms with van der Waals surface area (Å²) in [4.78, 5) is 6.96. The average Bonchev–Trinajstić information content (AvgIpc) is 2.65. The number of aliphatic imine (C=N–C) groups is 1. The molecule has 1 unspecified atom stereocenters. The number of hydrogen-bond donors (Lipinski definition) is 1. The lowest BCUT2D eigenvalue weighted by Gasteiger charge is -2.21. The summed E-state index contributed by atoms with van der Waals surface area (Å²) < 4.78 is 0. The van der Waals surface area contributed by atoms with Crippen molar-refractivity contribution in [3.8, 4) is 0 Å². The van der Waals surface area contributed by atoms with Crippen molar-refractivity contribution in [3.05, 3.63) is 0 Å². The van der Waals surface area contributed by atoms with Crippen molar-refractivity contribution < 1.29 is 0 Å². The molecule has 1 saturated heterocycles. The lowest BCUT2D eigenvalue weighted by atomic mass is 9.97. The molecule has 0 aliphatic carbocycles. The van der Waals surface area contributed by atoms with Crippen molar-refractivity contribution in [2.45, 2.75) is 40.5 Å². The van der Waals surface area contributed by atoms with Crippen LogP contribution < -0.4 is 5.32 Å². The largest absolute Gasteiger partial charge is 0.357 e. The zero-order valence-electron chi connectivity index (χ0n) is 11.3. The van der Waals surface area contributed by atoms with Gasteiger partial charge in [-0.15, -0.1) is 0 Å². The molecule has 1 rings (SSSR count). The fourth-order valence-corrected chi connectivity index (χ4v) is 2.46. The van der Waals surface area contributed by atoms with Gasteiger partial charge in [0.25, 0.3) is 0 Å². The van der Waals surface area contributed by atoms with Gasteiger partial charge in [-0.2, -0.15) is 0 Å². The van der Waals surface area contributed by atoms with Crippen LogP contribution in [0.2, 0.25) is 0 Å². The Kier molecular flexibility index (Phi) is 5.64. The zero-order valence-corrected chi connectivity index (χ0v) is 11.3. The Morgan fingerprint density at radius 3 is 2.75 bits per heavy atom. The molecule has 0 aromatic rings. The molecule has 0 bridgehead atoms. The number of hydrogen-bond acceptors (Lipinski definition) is 1. The van der Waals surface area contributed by atoms with Crippen molar-refractivity contribution in [1.82, 2.24) is 10.2 Å². The zero-order chi connectivity index (χ0) is 12.0. The van der Waals surface area contributed by atoms with E-state index in [4.69, 9.17) is 0 Å². The van der Waals surface area contributed by atoms with Gasteiger partial charge >= 0.3 is 0 Å². The summed E-state index contributed by atoms with van der Waals surface area (Å²) in [7, 11) is 0. The van der Waals surface area contributed by atoms with Gasteiger partial charge in [0.1, 0.15) is 0 Å². The highest BCUT2D eigenvalue weighted by molar-refractivity contribution is 5.80. The molecule has 0 radical (unpaired) electrons. The fourth-order valence-electron chi connectivity index (χ4n) is 2.46. The maximum absolute atomic E-state index is 4.54. The van der Waals surface area contributed by atoms with Crippen molar-refractivity contribution >= 4 is 5.96 Å². The third-order valence-electron chi connectivity index (χ3n) is 3.03. The van der Waals surface area contributed by atoms with E-state index in [0.29, 0.717) is 0 Å². The first-order chi connectivity index (χ1) is 7.67. The number of nitrogens with zero attached hydrogens (tertiary/aromatic N) is 2. The summed E-state index contributed by atoms with van der Waals surface area (Å²) in [6.07, 6.45) is 2.67. The standard InChI is InChI=1S/C13H27N3/c1-5-14-13(15-6-2)16-8-7-12(10-16)9-11(3)4/h11-12H,5-10H2,1-4H3,(H,14,15). The minimum Gasteiger partial charge on any atom is -0.357 e. The molecule has 3 heteroatoms. The van der Waals surface area contributed by atoms with E-state index < -0.39 is 0 Å². The number of likely N-dealkylation sites (tertiary alicyclic amines) is 1. The van der Waals surface area contributed by atoms with Gasteiger partial charge in [0, 0.05) is 26.2 Å². The monoisotopic (exact) mass is 225 g/mol. The molecule has 0 aromatic heterocycles. The SMILES string of the molecule is CCN=C(NCC)N1CCC(CC(C)C)C1. The summed E-state index contributed by atoms with van der Waals surface area (Å²) in [5, 5.41) is 3.38. The molecule has 1 heterocycles. The predicted molar refractivity (Wildman–Crippen MR) is 70.8 cm³/mol. The van der Waals surface area contributed by atoms with E-state index in [1.54, 1.807) is 0 Å². The number of nitrogens with one attached hydrogen (secondary N) is 1. The molecular formula is C13H27N3. The quantitative estimate of drug-likeness (QED) is 0.587. The van der Waals surface area contributed by atoms with Crippen LogP contribution in [0.3, 0.4) is 0 Å². The van der Waals surface area contributed by atoms with E-state index in [1.165, 1.54) is 25.9 Å². The summed E-state index contributed by atoms with van der Waals surface area (Å²) >= 11 is 0. The highest BCUT2D eigenvalue weighted by Crippen LogP contribution is 2.23. The maximum atomic E-state index is 4.54. The van der Waals surface area contributed by atoms with Crippen LogP contribution in [0.1, 0.15) is 40.5 Å². The Hall–Kier alpha value is -0.730. The van der Waals surface area contributed by atoms with Gasteiger partial charge in [0.15, 0.2) is 5.96 Å². The summed E-state index contributed by atoms with van der Waals surface area (Å²) in [6, 6.07) is 0. The minimum atomic E-state index is 0.815. The van der Waals surface area contributed by atoms with Crippen molar-refractivity contribution in [2.24, 2.45) is 16.8 Å². The smallest absolute Gasteiger partial charge is 0.193 e. The van der Waals surface area contributed by atoms with Crippen molar-refractivity contribution in [3.63, 3.8) is 0 Å². The Morgan fingerprint density at radius 1 is 1.44 bits per heavy atom. The third-order valence-corrected chi connectivity index (χ3v) is 3.03. The Bertz CT molecular complexity index is 223. The first-order valence-corrected chi connectivity index (χ1v) is 6.70. The number of guanidine groups is 1. The van der Waals surface area contributed by atoms with Gasteiger partial charge in [-0.1, -0.05) is 13.8 Å². The molecule has 1 aliphatic rings. The lowest BCUT2D eigenvalue weighted by Crippen LogP contribution is -2.40. The molecule has 16 heavy (non-hydrogen) atoms. The molecule has 3 nitrogen and oxygen atoms in total. The Balaban J connectivity index is 2.46. The second-order valence-corrected chi connectivity index (χ2v) is 5.06. The normalized spacial score (nSPS) is 21.9. The molecule has 0 spiro atoms. The van der Waals surface area contributed by atoms with Gasteiger partial charge in [-0.3, -0.25) is 4.99 Å². The minimum absolute atomic E-state index is 0.815. The molecule has 1 atom stereocenters. The molecule has 0 aromatic carbocycles. The van der Waals surface area contributed by atoms with E-state index in [2.05, 4.69) is 42.9 Å². The topological polar surface area (TPSA) is 27.6 Å². The Morgan fingerprint density at radius 2 is 2.19 bits per heavy atom. The van der Waals surface area contributed by atoms with Crippen LogP contribution in [0.5, 0.6) is 0 Å². The van der Waals surface area contributed by atoms with Crippen LogP contribution in [0.25, 0.3) is 0 Å². The highest BCUT2D eigenvalue weighted by Gasteiger charge is 2.24. The molecule has 1 N–H and O–H groups in total. The summed E-state index contributed by atoms with van der Waals surface area (Å²) in [5.41, 5.74) is 0. The van der Waals surface area contributed by atoms with Crippen LogP contribution in [-0.2, 0) is 0 Å². The van der Waals surface area contributed by atoms with Crippen LogP contribution in [0, 0.1) is 11.8 Å². The highest BCUT2D eigenvalue weighted by atomic mass is 15.3. The van der Waals surface area contributed by atoms with Crippen LogP contribution in [0.4, 0.5) is 0 Å². The first-order valence-electron chi connectivity index (χ1n) is 6.70. The second kappa shape index (κ2) is 6.77. The van der Waals surface area contributed by atoms with Crippen LogP contribution in [0.15, 0.2) is 4.99 Å². The van der Waals surface area contributed by atoms with Crippen molar-refractivity contribution in [1.29, 1.82) is 0 Å². The van der Waals surface area contributed by atoms with Gasteiger partial charge in [-0.25, -0.2) is 0 Å². The summed E-state index contributed by atoms with van der Waals surface area (Å²) in [6.45, 7) is 13.0. The van der Waals surface area contributed by atoms with Gasteiger partial charge in [0.2, 0.25) is 0 Å². The lowest BCUT2D eigenvalue weighted by molar-refractivity contribution is 0.404. The Labute approximate surface area is 100 Å². The first kappa shape index (κ1) is 13.3. The van der Waals surface area contributed by atoms with E-state index in [-0.39, 0.29) is 0 Å². The van der Waals surface area contributed by atoms with E-state index in [1.807, 2.05) is 0 Å². The van der Waals surface area contributed by atoms with E-state index in [0.717, 1.165) is 30.9 Å². The molecular weight excluding hydrogens is 198 g/mol. The van der Waals surface area contributed by atoms with Gasteiger partial charge < -0.3 is 10.2 Å². The van der Waals surface area contributed by atoms with Crippen LogP contribution >= 0.6 is 0 Å². The summed E-state index contributed by atoms with van der Waals surface area (Å²) in [5.74, 6) is 2.78. The van der Waals surface area contributed by atoms with Gasteiger partial charge in [0.05, 0.1) is 0 Å². The van der Waals surface area contributed by atoms with Crippen molar-refractivity contribution in [2.75, 3.05) is 26.2 Å². The number of rotatable bonds is 4. The third kappa shape index (κ3) is 4.03. The molecule has 1 aliphatic heterocycles. The predicted octanol–water partition coefficient (Wildman–Crippen LogP) is 2.34. The second-order valence-electron chi connectivity index (χ2n) is 5.06.